The predicted octanol–water partition coefficient (Wildman–Crippen LogP) is 1.36. The first-order valence-electron chi connectivity index (χ1n) is 7.01. The van der Waals surface area contributed by atoms with Crippen LogP contribution in [0.25, 0.3) is 0 Å². The number of nitrogens with zero attached hydrogens (tertiary/aromatic N) is 4. The molecule has 0 bridgehead atoms. The normalized spacial score (nSPS) is 21.0. The number of thioether (sulfide) groups is 1. The number of carbonyl (C=O) groups excluding carboxylic acids is 2. The monoisotopic (exact) mass is 335 g/mol. The summed E-state index contributed by atoms with van der Waals surface area (Å²) in [7, 11) is 4.85. The Morgan fingerprint density at radius 1 is 1.30 bits per heavy atom. The zero-order valence-corrected chi connectivity index (χ0v) is 13.8. The fraction of sp³-hybridized carbons (Fsp3) is 0.333. The molecule has 1 unspecified atom stereocenters. The molecule has 3 rings (SSSR count). The number of amides is 3. The van der Waals surface area contributed by atoms with Crippen molar-refractivity contribution in [3.8, 4) is 0 Å². The van der Waals surface area contributed by atoms with Crippen LogP contribution >= 0.6 is 11.8 Å². The summed E-state index contributed by atoms with van der Waals surface area (Å²) in [6, 6.07) is 5.29. The van der Waals surface area contributed by atoms with Crippen molar-refractivity contribution in [2.75, 3.05) is 21.1 Å². The van der Waals surface area contributed by atoms with Crippen molar-refractivity contribution in [2.24, 2.45) is 4.99 Å². The van der Waals surface area contributed by atoms with Gasteiger partial charge in [-0.3, -0.25) is 9.69 Å². The molecule has 1 aromatic rings. The van der Waals surface area contributed by atoms with Crippen molar-refractivity contribution in [2.45, 2.75) is 11.8 Å². The maximum Gasteiger partial charge on any atom is 0.388 e. The van der Waals surface area contributed by atoms with Gasteiger partial charge in [-0.25, -0.2) is 18.7 Å². The number of rotatable bonds is 2. The van der Waals surface area contributed by atoms with Gasteiger partial charge in [0.2, 0.25) is 0 Å². The second-order valence-electron chi connectivity index (χ2n) is 5.39. The molecule has 6 nitrogen and oxygen atoms in total. The molecule has 0 spiro atoms. The Hall–Kier alpha value is -2.22. The number of imide groups is 1. The largest absolute Gasteiger partial charge is 0.388 e. The van der Waals surface area contributed by atoms with E-state index in [1.807, 2.05) is 6.07 Å². The molecule has 1 aromatic carbocycles. The third-order valence-electron chi connectivity index (χ3n) is 3.85. The Morgan fingerprint density at radius 2 is 2.04 bits per heavy atom. The summed E-state index contributed by atoms with van der Waals surface area (Å²) < 4.78 is 15.0. The molecule has 3 amide bonds. The molecule has 0 aromatic heterocycles. The molecule has 0 radical (unpaired) electrons. The number of hydrogen-bond acceptors (Lipinski definition) is 4. The highest BCUT2D eigenvalue weighted by atomic mass is 32.2. The van der Waals surface area contributed by atoms with Gasteiger partial charge in [-0.1, -0.05) is 12.1 Å². The van der Waals surface area contributed by atoms with Gasteiger partial charge in [-0.05, 0) is 29.5 Å². The number of hydrogen-bond donors (Lipinski definition) is 0. The Bertz CT molecular complexity index is 762. The molecule has 1 fully saturated rings. The third kappa shape index (κ3) is 2.63. The third-order valence-corrected chi connectivity index (χ3v) is 4.97. The van der Waals surface area contributed by atoms with Crippen LogP contribution in [0.3, 0.4) is 0 Å². The SMILES string of the molecule is CN1C(=O)C2N=C(SCc3cccc(F)c3)[N+](C)=C2N(C)C1=O. The Balaban J connectivity index is 1.83. The van der Waals surface area contributed by atoms with Crippen LogP contribution in [0.15, 0.2) is 29.3 Å². The van der Waals surface area contributed by atoms with Gasteiger partial charge < -0.3 is 0 Å². The number of fused-ring (bicyclic) bond motifs is 1. The maximum absolute atomic E-state index is 13.2. The fourth-order valence-electron chi connectivity index (χ4n) is 2.62. The van der Waals surface area contributed by atoms with E-state index in [9.17, 15) is 14.0 Å². The van der Waals surface area contributed by atoms with Gasteiger partial charge in [0.25, 0.3) is 23.0 Å². The topological polar surface area (TPSA) is 56.0 Å². The van der Waals surface area contributed by atoms with Gasteiger partial charge in [-0.2, -0.15) is 0 Å². The van der Waals surface area contributed by atoms with Crippen molar-refractivity contribution in [1.29, 1.82) is 0 Å². The van der Waals surface area contributed by atoms with E-state index in [-0.39, 0.29) is 17.8 Å². The van der Waals surface area contributed by atoms with E-state index in [1.54, 1.807) is 24.7 Å². The minimum atomic E-state index is -0.692. The highest BCUT2D eigenvalue weighted by Crippen LogP contribution is 2.24. The minimum Gasteiger partial charge on any atom is -0.269 e. The summed E-state index contributed by atoms with van der Waals surface area (Å²) in [5.41, 5.74) is 0.832. The van der Waals surface area contributed by atoms with Crippen molar-refractivity contribution < 1.29 is 18.6 Å². The first-order valence-corrected chi connectivity index (χ1v) is 7.99. The van der Waals surface area contributed by atoms with Gasteiger partial charge in [0.05, 0.1) is 14.1 Å². The van der Waals surface area contributed by atoms with Crippen LogP contribution in [0, 0.1) is 5.82 Å². The summed E-state index contributed by atoms with van der Waals surface area (Å²) in [6.07, 6.45) is 0. The second kappa shape index (κ2) is 5.77. The average Bonchev–Trinajstić information content (AvgIpc) is 2.86. The number of carbonyl (C=O) groups is 2. The number of urea groups is 1. The van der Waals surface area contributed by atoms with Crippen molar-refractivity contribution in [3.63, 3.8) is 0 Å². The molecule has 23 heavy (non-hydrogen) atoms. The number of aliphatic imine (C=N–C) groups is 1. The van der Waals surface area contributed by atoms with Gasteiger partial charge in [-0.15, -0.1) is 4.99 Å². The molecule has 0 N–H and O–H groups in total. The summed E-state index contributed by atoms with van der Waals surface area (Å²) in [5, 5.41) is 0.637. The molecular formula is C15H16FN4O2S+. The Labute approximate surface area is 137 Å². The van der Waals surface area contributed by atoms with Crippen LogP contribution in [-0.4, -0.2) is 64.5 Å². The van der Waals surface area contributed by atoms with E-state index < -0.39 is 6.04 Å². The molecule has 1 saturated heterocycles. The number of benzene rings is 1. The summed E-state index contributed by atoms with van der Waals surface area (Å²) in [4.78, 5) is 31.2. The highest BCUT2D eigenvalue weighted by molar-refractivity contribution is 8.12. The summed E-state index contributed by atoms with van der Waals surface area (Å²) in [5.74, 6) is 0.467. The highest BCUT2D eigenvalue weighted by Gasteiger charge is 2.51. The van der Waals surface area contributed by atoms with Crippen molar-refractivity contribution in [3.05, 3.63) is 35.6 Å². The van der Waals surface area contributed by atoms with E-state index in [4.69, 9.17) is 0 Å². The zero-order chi connectivity index (χ0) is 16.7. The molecule has 0 saturated carbocycles. The average molecular weight is 335 g/mol. The zero-order valence-electron chi connectivity index (χ0n) is 13.0. The van der Waals surface area contributed by atoms with E-state index in [0.717, 1.165) is 10.5 Å². The Kier molecular flexibility index (Phi) is 3.93. The molecule has 2 aliphatic heterocycles. The van der Waals surface area contributed by atoms with E-state index in [1.165, 1.54) is 35.8 Å². The Morgan fingerprint density at radius 3 is 2.74 bits per heavy atom. The van der Waals surface area contributed by atoms with Crippen LogP contribution in [0.2, 0.25) is 0 Å². The lowest BCUT2D eigenvalue weighted by Crippen LogP contribution is -2.59. The molecular weight excluding hydrogens is 319 g/mol. The van der Waals surface area contributed by atoms with Crippen LogP contribution in [0.5, 0.6) is 0 Å². The predicted molar refractivity (Wildman–Crippen MR) is 86.0 cm³/mol. The van der Waals surface area contributed by atoms with Crippen LogP contribution in [-0.2, 0) is 10.5 Å². The minimum absolute atomic E-state index is 0.282. The lowest BCUT2D eigenvalue weighted by Gasteiger charge is -2.27. The standard InChI is InChI=1S/C15H16FN4O2S/c1-18-12-11(13(21)20(3)15(22)19(12)2)17-14(18)23-8-9-5-4-6-10(16)7-9/h4-7,11H,8H2,1-3H3/q+1. The smallest absolute Gasteiger partial charge is 0.269 e. The number of halogens is 1. The fourth-order valence-corrected chi connectivity index (χ4v) is 3.56. The number of amidine groups is 2. The van der Waals surface area contributed by atoms with Crippen molar-refractivity contribution >= 4 is 34.7 Å². The summed E-state index contributed by atoms with van der Waals surface area (Å²) in [6.45, 7) is 0. The molecule has 2 heterocycles. The van der Waals surface area contributed by atoms with Crippen molar-refractivity contribution in [1.82, 2.24) is 9.80 Å². The van der Waals surface area contributed by atoms with E-state index >= 15 is 0 Å². The van der Waals surface area contributed by atoms with Gasteiger partial charge in [0, 0.05) is 12.8 Å². The summed E-state index contributed by atoms with van der Waals surface area (Å²) >= 11 is 1.41. The maximum atomic E-state index is 13.2. The van der Waals surface area contributed by atoms with Gasteiger partial charge in [0.1, 0.15) is 5.82 Å². The molecule has 8 heteroatoms. The molecule has 2 aliphatic rings. The van der Waals surface area contributed by atoms with Crippen LogP contribution < -0.4 is 0 Å². The van der Waals surface area contributed by atoms with Crippen LogP contribution in [0.4, 0.5) is 9.18 Å². The van der Waals surface area contributed by atoms with Gasteiger partial charge in [0.15, 0.2) is 0 Å². The number of likely N-dealkylation sites (N-methyl/N-ethyl adjacent to an activating group) is 2. The lowest BCUT2D eigenvalue weighted by molar-refractivity contribution is -0.367. The first-order chi connectivity index (χ1) is 10.9. The second-order valence-corrected chi connectivity index (χ2v) is 6.33. The first kappa shape index (κ1) is 15.7. The van der Waals surface area contributed by atoms with Gasteiger partial charge >= 0.3 is 6.03 Å². The molecule has 0 aliphatic carbocycles. The molecule has 1 atom stereocenters. The van der Waals surface area contributed by atoms with E-state index in [2.05, 4.69) is 4.99 Å². The quantitative estimate of drug-likeness (QED) is 0.767. The molecule has 120 valence electrons. The van der Waals surface area contributed by atoms with E-state index in [0.29, 0.717) is 16.8 Å². The lowest BCUT2D eigenvalue weighted by atomic mass is 10.2. The van der Waals surface area contributed by atoms with Crippen LogP contribution in [0.1, 0.15) is 5.56 Å².